The average molecular weight is 726 g/mol. The molecule has 0 saturated carbocycles. The van der Waals surface area contributed by atoms with Crippen molar-refractivity contribution in [2.24, 2.45) is 0 Å². The van der Waals surface area contributed by atoms with E-state index in [2.05, 4.69) is 110 Å². The number of carbonyl (C=O) groups excluding carboxylic acids is 1. The quantitative estimate of drug-likeness (QED) is 0.0355. The fourth-order valence-corrected chi connectivity index (χ4v) is 5.77. The average Bonchev–Trinajstić information content (AvgIpc) is 3.09. The summed E-state index contributed by atoms with van der Waals surface area (Å²) in [5.74, 6) is -1.09. The molecule has 2 unspecified atom stereocenters. The SMILES string of the molecule is CC/C=C\C/C=C\C/C=C\C/C=C\C/C=C\C/C=C\C/C=C\CCCC(=O)NC(CS(=O)(=O)O)C(O)/C=C/CC/C=C/CCCCCCCCC. The third-order valence-electron chi connectivity index (χ3n) is 7.93. The third kappa shape index (κ3) is 38.1. The van der Waals surface area contributed by atoms with Crippen LogP contribution in [0.5, 0.6) is 0 Å². The molecule has 3 N–H and O–H groups in total. The highest BCUT2D eigenvalue weighted by molar-refractivity contribution is 7.85. The molecule has 0 radical (unpaired) electrons. The second kappa shape index (κ2) is 36.8. The van der Waals surface area contributed by atoms with Gasteiger partial charge in [0.15, 0.2) is 0 Å². The number of allylic oxidation sites excluding steroid dienone is 17. The summed E-state index contributed by atoms with van der Waals surface area (Å²) < 4.78 is 32.4. The van der Waals surface area contributed by atoms with E-state index in [1.54, 1.807) is 6.08 Å². The van der Waals surface area contributed by atoms with Crippen LogP contribution in [0.3, 0.4) is 0 Å². The summed E-state index contributed by atoms with van der Waals surface area (Å²) in [4.78, 5) is 12.5. The summed E-state index contributed by atoms with van der Waals surface area (Å²) >= 11 is 0. The number of hydrogen-bond acceptors (Lipinski definition) is 4. The summed E-state index contributed by atoms with van der Waals surface area (Å²) in [6, 6.07) is -1.11. The Kier molecular flexibility index (Phi) is 34.6. The Morgan fingerprint density at radius 1 is 0.549 bits per heavy atom. The van der Waals surface area contributed by atoms with Crippen LogP contribution in [0.2, 0.25) is 0 Å². The van der Waals surface area contributed by atoms with Gasteiger partial charge in [0.25, 0.3) is 10.1 Å². The zero-order chi connectivity index (χ0) is 37.5. The molecule has 0 aromatic rings. The van der Waals surface area contributed by atoms with Gasteiger partial charge in [0.2, 0.25) is 5.91 Å². The zero-order valence-electron chi connectivity index (χ0n) is 31.9. The van der Waals surface area contributed by atoms with Crippen LogP contribution >= 0.6 is 0 Å². The van der Waals surface area contributed by atoms with Crippen molar-refractivity contribution in [3.8, 4) is 0 Å². The first-order valence-electron chi connectivity index (χ1n) is 19.6. The molecule has 0 aliphatic carbocycles. The lowest BCUT2D eigenvalue weighted by molar-refractivity contribution is -0.122. The summed E-state index contributed by atoms with van der Waals surface area (Å²) in [6.07, 6.45) is 56.5. The monoisotopic (exact) mass is 726 g/mol. The van der Waals surface area contributed by atoms with Crippen LogP contribution in [0.15, 0.2) is 109 Å². The van der Waals surface area contributed by atoms with Crippen molar-refractivity contribution in [3.05, 3.63) is 109 Å². The fourth-order valence-electron chi connectivity index (χ4n) is 5.04. The van der Waals surface area contributed by atoms with Crippen LogP contribution in [-0.4, -0.2) is 41.9 Å². The first-order valence-corrected chi connectivity index (χ1v) is 21.2. The predicted molar refractivity (Wildman–Crippen MR) is 220 cm³/mol. The van der Waals surface area contributed by atoms with E-state index in [0.717, 1.165) is 57.8 Å². The Bertz CT molecular complexity index is 1200. The van der Waals surface area contributed by atoms with E-state index in [9.17, 15) is 22.9 Å². The molecule has 288 valence electrons. The lowest BCUT2D eigenvalue weighted by Gasteiger charge is -2.21. The molecule has 0 aromatic carbocycles. The van der Waals surface area contributed by atoms with Gasteiger partial charge < -0.3 is 10.4 Å². The molecule has 7 heteroatoms. The lowest BCUT2D eigenvalue weighted by Crippen LogP contribution is -2.46. The van der Waals surface area contributed by atoms with Gasteiger partial charge in [-0.25, -0.2) is 0 Å². The molecule has 51 heavy (non-hydrogen) atoms. The van der Waals surface area contributed by atoms with Crippen molar-refractivity contribution in [2.45, 2.75) is 154 Å². The Balaban J connectivity index is 4.15. The van der Waals surface area contributed by atoms with Crippen LogP contribution in [0.4, 0.5) is 0 Å². The predicted octanol–water partition coefficient (Wildman–Crippen LogP) is 11.6. The standard InChI is InChI=1S/C44H71NO5S/c1-3-5-7-9-11-13-15-17-18-19-20-21-22-23-24-25-26-28-30-32-34-36-38-40-44(47)45-42(41-51(48,49)50)43(46)39-37-35-33-31-29-27-16-14-12-10-8-6-4-2/h5,7,11,13,17-18,20-21,23-24,26,28-29,31-32,34,37,39,42-43,46H,3-4,6,8-10,12,14-16,19,22,25,27,30,33,35-36,38,40-41H2,1-2H3,(H,45,47)(H,48,49,50)/b7-5-,13-11-,18-17-,21-20-,24-23-,28-26-,31-29+,34-32-,39-37+. The van der Waals surface area contributed by atoms with Gasteiger partial charge in [-0.15, -0.1) is 0 Å². The van der Waals surface area contributed by atoms with E-state index < -0.39 is 28.0 Å². The van der Waals surface area contributed by atoms with Crippen molar-refractivity contribution in [1.82, 2.24) is 5.32 Å². The molecule has 0 fully saturated rings. The first-order chi connectivity index (χ1) is 24.8. The topological polar surface area (TPSA) is 104 Å². The Labute approximate surface area is 312 Å². The number of aliphatic hydroxyl groups excluding tert-OH is 1. The summed E-state index contributed by atoms with van der Waals surface area (Å²) in [5, 5.41) is 13.1. The third-order valence-corrected chi connectivity index (χ3v) is 8.71. The van der Waals surface area contributed by atoms with E-state index in [1.807, 2.05) is 6.08 Å². The number of nitrogens with one attached hydrogen (secondary N) is 1. The molecule has 2 atom stereocenters. The number of aliphatic hydroxyl groups is 1. The normalized spacial score (nSPS) is 14.5. The van der Waals surface area contributed by atoms with Crippen molar-refractivity contribution in [3.63, 3.8) is 0 Å². The second-order valence-electron chi connectivity index (χ2n) is 12.8. The minimum absolute atomic E-state index is 0.201. The van der Waals surface area contributed by atoms with Gasteiger partial charge in [0.1, 0.15) is 0 Å². The first kappa shape index (κ1) is 48.0. The number of rotatable bonds is 33. The second-order valence-corrected chi connectivity index (χ2v) is 14.3. The molecule has 0 rings (SSSR count). The van der Waals surface area contributed by atoms with Crippen molar-refractivity contribution < 1.29 is 22.9 Å². The summed E-state index contributed by atoms with van der Waals surface area (Å²) in [5.41, 5.74) is 0. The van der Waals surface area contributed by atoms with Gasteiger partial charge in [0.05, 0.1) is 17.9 Å². The highest BCUT2D eigenvalue weighted by atomic mass is 32.2. The van der Waals surface area contributed by atoms with E-state index in [1.165, 1.54) is 51.0 Å². The van der Waals surface area contributed by atoms with Crippen LogP contribution in [0, 0.1) is 0 Å². The van der Waals surface area contributed by atoms with Crippen molar-refractivity contribution in [2.75, 3.05) is 5.75 Å². The number of hydrogen-bond donors (Lipinski definition) is 3. The van der Waals surface area contributed by atoms with Crippen LogP contribution in [0.25, 0.3) is 0 Å². The minimum Gasteiger partial charge on any atom is -0.387 e. The van der Waals surface area contributed by atoms with Gasteiger partial charge in [-0.05, 0) is 83.5 Å². The largest absolute Gasteiger partial charge is 0.387 e. The molecule has 1 amide bonds. The van der Waals surface area contributed by atoms with Gasteiger partial charge in [0, 0.05) is 6.42 Å². The van der Waals surface area contributed by atoms with Crippen LogP contribution < -0.4 is 5.32 Å². The molecule has 0 aliphatic rings. The molecule has 0 saturated heterocycles. The fraction of sp³-hybridized carbons (Fsp3) is 0.568. The maximum absolute atomic E-state index is 12.5. The highest BCUT2D eigenvalue weighted by Crippen LogP contribution is 2.10. The summed E-state index contributed by atoms with van der Waals surface area (Å²) in [7, 11) is -4.38. The van der Waals surface area contributed by atoms with E-state index in [-0.39, 0.29) is 12.3 Å². The molecule has 0 heterocycles. The molecule has 0 bridgehead atoms. The molecular formula is C44H71NO5S. The van der Waals surface area contributed by atoms with Gasteiger partial charge in [-0.1, -0.05) is 162 Å². The zero-order valence-corrected chi connectivity index (χ0v) is 32.7. The maximum atomic E-state index is 12.5. The molecule has 0 aromatic heterocycles. The number of carbonyl (C=O) groups is 1. The minimum atomic E-state index is -4.38. The van der Waals surface area contributed by atoms with Gasteiger partial charge in [-0.3, -0.25) is 9.35 Å². The van der Waals surface area contributed by atoms with E-state index in [4.69, 9.17) is 0 Å². The Morgan fingerprint density at radius 2 is 0.961 bits per heavy atom. The number of unbranched alkanes of at least 4 members (excludes halogenated alkanes) is 9. The van der Waals surface area contributed by atoms with E-state index in [0.29, 0.717) is 19.3 Å². The van der Waals surface area contributed by atoms with Crippen LogP contribution in [-0.2, 0) is 14.9 Å². The van der Waals surface area contributed by atoms with Gasteiger partial charge in [-0.2, -0.15) is 8.42 Å². The van der Waals surface area contributed by atoms with E-state index >= 15 is 0 Å². The highest BCUT2D eigenvalue weighted by Gasteiger charge is 2.24. The lowest BCUT2D eigenvalue weighted by atomic mass is 10.1. The molecule has 0 aliphatic heterocycles. The van der Waals surface area contributed by atoms with Crippen molar-refractivity contribution >= 4 is 16.0 Å². The summed E-state index contributed by atoms with van der Waals surface area (Å²) in [6.45, 7) is 4.38. The van der Waals surface area contributed by atoms with Crippen molar-refractivity contribution in [1.29, 1.82) is 0 Å². The molecule has 6 nitrogen and oxygen atoms in total. The molecule has 0 spiro atoms. The maximum Gasteiger partial charge on any atom is 0.267 e. The smallest absolute Gasteiger partial charge is 0.267 e. The van der Waals surface area contributed by atoms with Gasteiger partial charge >= 0.3 is 0 Å². The Hall–Kier alpha value is -3.00. The number of amides is 1. The Morgan fingerprint density at radius 3 is 1.47 bits per heavy atom. The van der Waals surface area contributed by atoms with Crippen LogP contribution in [0.1, 0.15) is 142 Å². The molecular weight excluding hydrogens is 655 g/mol.